The molecule has 2 aromatic carbocycles. The minimum Gasteiger partial charge on any atom is -0.481 e. The first-order valence-corrected chi connectivity index (χ1v) is 10.1. The zero-order chi connectivity index (χ0) is 23.5. The topological polar surface area (TPSA) is 161 Å². The van der Waals surface area contributed by atoms with Gasteiger partial charge in [-0.15, -0.1) is 0 Å². The Hall–Kier alpha value is -3.82. The molecule has 0 radical (unpaired) electrons. The van der Waals surface area contributed by atoms with Crippen LogP contribution in [0.15, 0.2) is 48.5 Å². The lowest BCUT2D eigenvalue weighted by atomic mass is 9.64. The summed E-state index contributed by atoms with van der Waals surface area (Å²) < 4.78 is 0. The van der Waals surface area contributed by atoms with E-state index in [1.165, 1.54) is 6.07 Å². The fourth-order valence-electron chi connectivity index (χ4n) is 4.23. The molecule has 2 aliphatic rings. The summed E-state index contributed by atoms with van der Waals surface area (Å²) >= 11 is 0. The SMILES string of the molecule is O=C(O)C1(c2ccc([N+](=O)[O-])cc2[N+](=O)[O-])CCC1.O=C(O)C1(c2ccccc2)CCC1. The lowest BCUT2D eigenvalue weighted by Crippen LogP contribution is -2.42. The van der Waals surface area contributed by atoms with E-state index in [0.29, 0.717) is 19.3 Å². The fraction of sp³-hybridized carbons (Fsp3) is 0.364. The van der Waals surface area contributed by atoms with Gasteiger partial charge in [0.2, 0.25) is 0 Å². The molecule has 2 aliphatic carbocycles. The molecule has 2 N–H and O–H groups in total. The number of hydrogen-bond acceptors (Lipinski definition) is 6. The Morgan fingerprint density at radius 3 is 1.69 bits per heavy atom. The van der Waals surface area contributed by atoms with Crippen molar-refractivity contribution in [2.24, 2.45) is 0 Å². The van der Waals surface area contributed by atoms with Gasteiger partial charge < -0.3 is 10.2 Å². The van der Waals surface area contributed by atoms with Gasteiger partial charge in [-0.25, -0.2) is 0 Å². The van der Waals surface area contributed by atoms with Crippen LogP contribution >= 0.6 is 0 Å². The molecule has 0 saturated heterocycles. The monoisotopic (exact) mass is 442 g/mol. The third kappa shape index (κ3) is 3.91. The second-order valence-electron chi connectivity index (χ2n) is 8.06. The van der Waals surface area contributed by atoms with E-state index in [1.54, 1.807) is 0 Å². The number of nitrogens with zero attached hydrogens (tertiary/aromatic N) is 2. The zero-order valence-electron chi connectivity index (χ0n) is 17.1. The van der Waals surface area contributed by atoms with Gasteiger partial charge in [0.1, 0.15) is 0 Å². The van der Waals surface area contributed by atoms with Crippen LogP contribution in [-0.4, -0.2) is 32.0 Å². The molecule has 2 fully saturated rings. The van der Waals surface area contributed by atoms with Crippen molar-refractivity contribution in [2.75, 3.05) is 0 Å². The largest absolute Gasteiger partial charge is 0.481 e. The second-order valence-corrected chi connectivity index (χ2v) is 8.06. The van der Waals surface area contributed by atoms with Crippen molar-refractivity contribution >= 4 is 23.3 Å². The van der Waals surface area contributed by atoms with Crippen LogP contribution in [0.3, 0.4) is 0 Å². The highest BCUT2D eigenvalue weighted by molar-refractivity contribution is 5.84. The third-order valence-corrected chi connectivity index (χ3v) is 6.46. The smallest absolute Gasteiger partial charge is 0.314 e. The Morgan fingerprint density at radius 2 is 1.31 bits per heavy atom. The quantitative estimate of drug-likeness (QED) is 0.497. The Kier molecular flexibility index (Phi) is 6.24. The number of nitro benzene ring substituents is 2. The molecular weight excluding hydrogens is 420 g/mol. The zero-order valence-corrected chi connectivity index (χ0v) is 17.1. The highest BCUT2D eigenvalue weighted by Crippen LogP contribution is 2.48. The number of carboxylic acid groups (broad SMARTS) is 2. The first kappa shape index (κ1) is 22.9. The van der Waals surface area contributed by atoms with Crippen LogP contribution in [0.1, 0.15) is 49.7 Å². The number of nitro groups is 2. The van der Waals surface area contributed by atoms with Crippen molar-refractivity contribution in [1.29, 1.82) is 0 Å². The van der Waals surface area contributed by atoms with E-state index in [0.717, 1.165) is 37.0 Å². The summed E-state index contributed by atoms with van der Waals surface area (Å²) in [6.07, 6.45) is 3.88. The predicted molar refractivity (Wildman–Crippen MR) is 113 cm³/mol. The normalized spacial score (nSPS) is 17.5. The van der Waals surface area contributed by atoms with Crippen LogP contribution in [0.4, 0.5) is 11.4 Å². The summed E-state index contributed by atoms with van der Waals surface area (Å²) in [5.74, 6) is -1.80. The molecule has 0 heterocycles. The fourth-order valence-corrected chi connectivity index (χ4v) is 4.23. The van der Waals surface area contributed by atoms with Gasteiger partial charge in [-0.1, -0.05) is 43.2 Å². The molecule has 0 bridgehead atoms. The maximum Gasteiger partial charge on any atom is 0.314 e. The molecule has 0 amide bonds. The summed E-state index contributed by atoms with van der Waals surface area (Å²) in [7, 11) is 0. The Labute approximate surface area is 182 Å². The first-order valence-electron chi connectivity index (χ1n) is 10.1. The molecule has 0 aromatic heterocycles. The number of carbonyl (C=O) groups is 2. The van der Waals surface area contributed by atoms with Crippen molar-refractivity contribution in [2.45, 2.75) is 49.4 Å². The van der Waals surface area contributed by atoms with E-state index in [4.69, 9.17) is 5.11 Å². The first-order chi connectivity index (χ1) is 15.1. The molecular formula is C22H22N2O8. The van der Waals surface area contributed by atoms with Crippen LogP contribution in [-0.2, 0) is 20.4 Å². The van der Waals surface area contributed by atoms with E-state index < -0.39 is 44.0 Å². The van der Waals surface area contributed by atoms with Crippen LogP contribution in [0.25, 0.3) is 0 Å². The highest BCUT2D eigenvalue weighted by atomic mass is 16.6. The average Bonchev–Trinajstić information content (AvgIpc) is 2.67. The van der Waals surface area contributed by atoms with Crippen molar-refractivity contribution in [3.63, 3.8) is 0 Å². The summed E-state index contributed by atoms with van der Waals surface area (Å²) in [5, 5.41) is 40.0. The van der Waals surface area contributed by atoms with E-state index in [2.05, 4.69) is 0 Å². The average molecular weight is 442 g/mol. The van der Waals surface area contributed by atoms with E-state index in [-0.39, 0.29) is 5.56 Å². The minimum atomic E-state index is -1.28. The molecule has 32 heavy (non-hydrogen) atoms. The van der Waals surface area contributed by atoms with Gasteiger partial charge in [-0.05, 0) is 37.3 Å². The van der Waals surface area contributed by atoms with Gasteiger partial charge >= 0.3 is 11.9 Å². The van der Waals surface area contributed by atoms with Gasteiger partial charge in [-0.3, -0.25) is 29.8 Å². The summed E-state index contributed by atoms with van der Waals surface area (Å²) in [6, 6.07) is 12.6. The van der Waals surface area contributed by atoms with Gasteiger partial charge in [0, 0.05) is 11.6 Å². The molecule has 2 saturated carbocycles. The van der Waals surface area contributed by atoms with Gasteiger partial charge in [0.25, 0.3) is 11.4 Å². The van der Waals surface area contributed by atoms with Crippen molar-refractivity contribution in [3.8, 4) is 0 Å². The molecule has 10 nitrogen and oxygen atoms in total. The third-order valence-electron chi connectivity index (χ3n) is 6.46. The number of aliphatic carboxylic acids is 2. The van der Waals surface area contributed by atoms with Crippen LogP contribution in [0.2, 0.25) is 0 Å². The van der Waals surface area contributed by atoms with Gasteiger partial charge in [-0.2, -0.15) is 0 Å². The number of hydrogen-bond donors (Lipinski definition) is 2. The lowest BCUT2D eigenvalue weighted by Gasteiger charge is -2.38. The molecule has 10 heteroatoms. The molecule has 2 aromatic rings. The second kappa shape index (κ2) is 8.74. The molecule has 0 atom stereocenters. The van der Waals surface area contributed by atoms with Crippen LogP contribution < -0.4 is 0 Å². The highest BCUT2D eigenvalue weighted by Gasteiger charge is 2.50. The number of carboxylic acids is 2. The molecule has 168 valence electrons. The number of rotatable bonds is 6. The van der Waals surface area contributed by atoms with Crippen molar-refractivity contribution < 1.29 is 29.6 Å². The minimum absolute atomic E-state index is 0.0434. The molecule has 0 spiro atoms. The maximum absolute atomic E-state index is 11.3. The Bertz CT molecular complexity index is 1060. The van der Waals surface area contributed by atoms with E-state index >= 15 is 0 Å². The van der Waals surface area contributed by atoms with E-state index in [1.807, 2.05) is 30.3 Å². The summed E-state index contributed by atoms with van der Waals surface area (Å²) in [5.41, 5.74) is -1.78. The Morgan fingerprint density at radius 1 is 0.781 bits per heavy atom. The lowest BCUT2D eigenvalue weighted by molar-refractivity contribution is -0.395. The molecule has 4 rings (SSSR count). The predicted octanol–water partition coefficient (Wildman–Crippen LogP) is 4.20. The van der Waals surface area contributed by atoms with Crippen molar-refractivity contribution in [3.05, 3.63) is 79.9 Å². The van der Waals surface area contributed by atoms with Crippen molar-refractivity contribution in [1.82, 2.24) is 0 Å². The number of non-ortho nitro benzene ring substituents is 1. The maximum atomic E-state index is 11.3. The number of benzene rings is 2. The van der Waals surface area contributed by atoms with Gasteiger partial charge in [0.15, 0.2) is 0 Å². The van der Waals surface area contributed by atoms with Crippen LogP contribution in [0, 0.1) is 20.2 Å². The van der Waals surface area contributed by atoms with Gasteiger partial charge in [0.05, 0.1) is 26.7 Å². The molecule has 0 unspecified atom stereocenters. The van der Waals surface area contributed by atoms with Crippen LogP contribution in [0.5, 0.6) is 0 Å². The standard InChI is InChI=1S/C11H10N2O6.C11H12O2/c14-10(15)11(4-1-5-11)8-3-2-7(12(16)17)6-9(8)13(18)19;12-10(13)11(7-4-8-11)9-5-2-1-3-6-9/h2-3,6H,1,4-5H2,(H,14,15);1-3,5-6H,4,7-8H2,(H,12,13). The molecule has 0 aliphatic heterocycles. The Balaban J connectivity index is 0.000000193. The van der Waals surface area contributed by atoms with E-state index in [9.17, 15) is 34.9 Å². The summed E-state index contributed by atoms with van der Waals surface area (Å²) in [6.45, 7) is 0. The summed E-state index contributed by atoms with van der Waals surface area (Å²) in [4.78, 5) is 42.5.